The van der Waals surface area contributed by atoms with Crippen LogP contribution in [0.2, 0.25) is 0 Å². The maximum atomic E-state index is 8.55. The van der Waals surface area contributed by atoms with Gasteiger partial charge in [-0.05, 0) is 86.7 Å². The average Bonchev–Trinajstić information content (AvgIpc) is 2.76. The molecule has 0 atom stereocenters. The normalized spacial score (nSPS) is 28.3. The molecule has 0 saturated heterocycles. The third kappa shape index (κ3) is 6.49. The van der Waals surface area contributed by atoms with Crippen LogP contribution in [-0.4, -0.2) is 12.7 Å². The summed E-state index contributed by atoms with van der Waals surface area (Å²) in [6.45, 7) is 3.19. The Balaban J connectivity index is 1.30. The number of allylic oxidation sites excluding steroid dienone is 2. The van der Waals surface area contributed by atoms with E-state index >= 15 is 0 Å². The molecule has 0 N–H and O–H groups in total. The zero-order valence-corrected chi connectivity index (χ0v) is 17.6. The van der Waals surface area contributed by atoms with Crippen molar-refractivity contribution in [3.8, 4) is 6.07 Å². The highest BCUT2D eigenvalue weighted by atomic mass is 16.5. The smallest absolute Gasteiger partial charge is 0.0908 e. The molecule has 2 aliphatic carbocycles. The molecule has 1 aromatic carbocycles. The summed E-state index contributed by atoms with van der Waals surface area (Å²) in [4.78, 5) is 0. The van der Waals surface area contributed by atoms with Gasteiger partial charge in [0.05, 0.1) is 12.2 Å². The van der Waals surface area contributed by atoms with Crippen molar-refractivity contribution in [3.63, 3.8) is 0 Å². The second-order valence-electron chi connectivity index (χ2n) is 8.90. The van der Waals surface area contributed by atoms with E-state index < -0.39 is 0 Å². The van der Waals surface area contributed by atoms with E-state index in [0.29, 0.717) is 6.10 Å². The van der Waals surface area contributed by atoms with Gasteiger partial charge in [-0.2, -0.15) is 5.26 Å². The number of nitrogens with zero attached hydrogens (tertiary/aromatic N) is 1. The maximum Gasteiger partial charge on any atom is 0.0908 e. The van der Waals surface area contributed by atoms with Crippen LogP contribution in [0.3, 0.4) is 0 Å². The van der Waals surface area contributed by atoms with Gasteiger partial charge in [0.2, 0.25) is 0 Å². The molecule has 0 aromatic heterocycles. The number of nitriles is 1. The quantitative estimate of drug-likeness (QED) is 0.457. The summed E-state index contributed by atoms with van der Waals surface area (Å²) in [5.41, 5.74) is 2.97. The number of ether oxygens (including phenoxy) is 1. The molecule has 0 spiro atoms. The average molecular weight is 380 g/mol. The predicted molar refractivity (Wildman–Crippen MR) is 116 cm³/mol. The Hall–Kier alpha value is -1.59. The van der Waals surface area contributed by atoms with E-state index in [1.807, 2.05) is 6.08 Å². The lowest BCUT2D eigenvalue weighted by molar-refractivity contribution is -0.00474. The van der Waals surface area contributed by atoms with Crippen LogP contribution in [0.4, 0.5) is 0 Å². The number of aryl methyl sites for hydroxylation is 1. The summed E-state index contributed by atoms with van der Waals surface area (Å²) in [5.74, 6) is 2.36. The minimum absolute atomic E-state index is 0.486. The van der Waals surface area contributed by atoms with Gasteiger partial charge >= 0.3 is 0 Å². The minimum atomic E-state index is 0.486. The molecular weight excluding hydrogens is 342 g/mol. The second kappa shape index (κ2) is 11.4. The highest BCUT2D eigenvalue weighted by Gasteiger charge is 2.25. The molecule has 2 heteroatoms. The van der Waals surface area contributed by atoms with Gasteiger partial charge in [0.1, 0.15) is 0 Å². The van der Waals surface area contributed by atoms with Gasteiger partial charge < -0.3 is 4.74 Å². The maximum absolute atomic E-state index is 8.55. The van der Waals surface area contributed by atoms with Crippen molar-refractivity contribution in [2.24, 2.45) is 11.8 Å². The van der Waals surface area contributed by atoms with E-state index in [2.05, 4.69) is 37.3 Å². The van der Waals surface area contributed by atoms with Crippen molar-refractivity contribution in [2.45, 2.75) is 89.6 Å². The zero-order chi connectivity index (χ0) is 19.6. The van der Waals surface area contributed by atoms with Gasteiger partial charge in [-0.1, -0.05) is 50.1 Å². The molecule has 0 radical (unpaired) electrons. The highest BCUT2D eigenvalue weighted by Crippen LogP contribution is 2.36. The lowest BCUT2D eigenvalue weighted by atomic mass is 9.80. The van der Waals surface area contributed by atoms with Crippen LogP contribution < -0.4 is 0 Å². The largest absolute Gasteiger partial charge is 0.378 e. The monoisotopic (exact) mass is 379 g/mol. The van der Waals surface area contributed by atoms with E-state index in [1.54, 1.807) is 6.08 Å². The molecule has 0 amide bonds. The van der Waals surface area contributed by atoms with Crippen molar-refractivity contribution in [1.29, 1.82) is 5.26 Å². The van der Waals surface area contributed by atoms with Crippen LogP contribution in [0.25, 0.3) is 0 Å². The molecule has 3 rings (SSSR count). The fourth-order valence-electron chi connectivity index (χ4n) is 5.02. The highest BCUT2D eigenvalue weighted by molar-refractivity contribution is 5.25. The summed E-state index contributed by atoms with van der Waals surface area (Å²) < 4.78 is 6.34. The van der Waals surface area contributed by atoms with Gasteiger partial charge in [-0.25, -0.2) is 0 Å². The van der Waals surface area contributed by atoms with Crippen molar-refractivity contribution < 1.29 is 4.74 Å². The number of hydrogen-bond donors (Lipinski definition) is 0. The van der Waals surface area contributed by atoms with Crippen LogP contribution in [0, 0.1) is 23.2 Å². The third-order valence-electron chi connectivity index (χ3n) is 7.00. The van der Waals surface area contributed by atoms with Crippen molar-refractivity contribution in [2.75, 3.05) is 6.61 Å². The molecule has 1 aromatic rings. The van der Waals surface area contributed by atoms with Gasteiger partial charge in [0.15, 0.2) is 0 Å². The van der Waals surface area contributed by atoms with Gasteiger partial charge in [0, 0.05) is 12.7 Å². The van der Waals surface area contributed by atoms with E-state index in [9.17, 15) is 0 Å². The Morgan fingerprint density at radius 1 is 0.964 bits per heavy atom. The van der Waals surface area contributed by atoms with Crippen molar-refractivity contribution in [3.05, 3.63) is 47.5 Å². The lowest BCUT2D eigenvalue weighted by Gasteiger charge is -2.32. The Morgan fingerprint density at radius 2 is 1.64 bits per heavy atom. The molecule has 0 aliphatic heterocycles. The van der Waals surface area contributed by atoms with Crippen molar-refractivity contribution >= 4 is 0 Å². The summed E-state index contributed by atoms with van der Waals surface area (Å²) in [6, 6.07) is 11.4. The predicted octanol–water partition coefficient (Wildman–Crippen LogP) is 6.96. The second-order valence-corrected chi connectivity index (χ2v) is 8.90. The Kier molecular flexibility index (Phi) is 8.62. The molecule has 2 nitrogen and oxygen atoms in total. The lowest BCUT2D eigenvalue weighted by Crippen LogP contribution is -2.25. The molecule has 2 fully saturated rings. The molecule has 152 valence electrons. The Morgan fingerprint density at radius 3 is 2.29 bits per heavy atom. The zero-order valence-electron chi connectivity index (χ0n) is 17.6. The Bertz CT molecular complexity index is 625. The molecule has 28 heavy (non-hydrogen) atoms. The SMILES string of the molecule is CCc1ccc([C@H]2CC[C@H](OC[C@H]3CC[C@H](CCC=CC#N)CC3)CC2)cc1. The van der Waals surface area contributed by atoms with Crippen LogP contribution in [0.1, 0.15) is 88.2 Å². The molecule has 0 bridgehead atoms. The fourth-order valence-corrected chi connectivity index (χ4v) is 5.02. The van der Waals surface area contributed by atoms with Crippen LogP contribution >= 0.6 is 0 Å². The van der Waals surface area contributed by atoms with Crippen molar-refractivity contribution in [1.82, 2.24) is 0 Å². The molecular formula is C26H37NO. The molecule has 2 aliphatic rings. The van der Waals surface area contributed by atoms with Crippen LogP contribution in [0.5, 0.6) is 0 Å². The molecule has 2 saturated carbocycles. The first kappa shape index (κ1) is 21.1. The first-order valence-electron chi connectivity index (χ1n) is 11.5. The number of rotatable bonds is 8. The first-order chi connectivity index (χ1) is 13.8. The van der Waals surface area contributed by atoms with Gasteiger partial charge in [0.25, 0.3) is 0 Å². The van der Waals surface area contributed by atoms with Crippen LogP contribution in [0.15, 0.2) is 36.4 Å². The molecule has 0 heterocycles. The third-order valence-corrected chi connectivity index (χ3v) is 7.00. The van der Waals surface area contributed by atoms with E-state index in [-0.39, 0.29) is 0 Å². The number of benzene rings is 1. The fraction of sp³-hybridized carbons (Fsp3) is 0.654. The van der Waals surface area contributed by atoms with E-state index in [4.69, 9.17) is 10.00 Å². The topological polar surface area (TPSA) is 33.0 Å². The summed E-state index contributed by atoms with van der Waals surface area (Å²) in [7, 11) is 0. The van der Waals surface area contributed by atoms with Gasteiger partial charge in [-0.15, -0.1) is 0 Å². The van der Waals surface area contributed by atoms with E-state index in [0.717, 1.165) is 37.2 Å². The molecule has 0 unspecified atom stereocenters. The minimum Gasteiger partial charge on any atom is -0.378 e. The van der Waals surface area contributed by atoms with Gasteiger partial charge in [-0.3, -0.25) is 0 Å². The van der Waals surface area contributed by atoms with E-state index in [1.165, 1.54) is 68.9 Å². The first-order valence-corrected chi connectivity index (χ1v) is 11.5. The van der Waals surface area contributed by atoms with Crippen LogP contribution in [-0.2, 0) is 11.2 Å². The Labute approximate surface area is 172 Å². The standard InChI is InChI=1S/C26H37NO/c1-2-21-11-13-24(14-12-21)25-15-17-26(18-16-25)28-20-23-9-7-22(8-10-23)6-4-3-5-19-27/h3,5,11-14,22-23,25-26H,2,4,6-10,15-18,20H2,1H3/t22-,23-,25-,26-. The summed E-state index contributed by atoms with van der Waals surface area (Å²) in [6.07, 6.45) is 17.9. The summed E-state index contributed by atoms with van der Waals surface area (Å²) in [5, 5.41) is 8.55. The number of hydrogen-bond acceptors (Lipinski definition) is 2. The summed E-state index contributed by atoms with van der Waals surface area (Å²) >= 11 is 0.